The molecule has 0 saturated heterocycles. The first kappa shape index (κ1) is 20.2. The molecular formula is C24H16F3N3O. The van der Waals surface area contributed by atoms with Crippen LogP contribution in [-0.2, 0) is 12.8 Å². The van der Waals surface area contributed by atoms with E-state index in [2.05, 4.69) is 5.10 Å². The minimum absolute atomic E-state index is 0.120. The van der Waals surface area contributed by atoms with E-state index in [4.69, 9.17) is 10.00 Å². The van der Waals surface area contributed by atoms with Crippen LogP contribution in [0.1, 0.15) is 17.0 Å². The van der Waals surface area contributed by atoms with Crippen LogP contribution in [0.2, 0.25) is 0 Å². The third kappa shape index (κ3) is 4.59. The lowest BCUT2D eigenvalue weighted by molar-refractivity contribution is -0.141. The molecule has 0 aliphatic heterocycles. The molecule has 4 nitrogen and oxygen atoms in total. The molecule has 7 heteroatoms. The molecule has 0 N–H and O–H groups in total. The molecule has 0 aliphatic rings. The maximum atomic E-state index is 13.2. The van der Waals surface area contributed by atoms with Crippen molar-refractivity contribution in [1.82, 2.24) is 9.78 Å². The van der Waals surface area contributed by atoms with Crippen LogP contribution in [0.5, 0.6) is 5.75 Å². The molecule has 0 unspecified atom stereocenters. The molecule has 1 heterocycles. The van der Waals surface area contributed by atoms with Crippen LogP contribution in [0.25, 0.3) is 16.8 Å². The van der Waals surface area contributed by atoms with E-state index in [-0.39, 0.29) is 12.3 Å². The van der Waals surface area contributed by atoms with E-state index in [1.165, 1.54) is 6.07 Å². The highest BCUT2D eigenvalue weighted by atomic mass is 19.4. The zero-order chi connectivity index (χ0) is 21.8. The number of halogens is 3. The van der Waals surface area contributed by atoms with E-state index in [1.54, 1.807) is 30.3 Å². The summed E-state index contributed by atoms with van der Waals surface area (Å²) in [5.41, 5.74) is 1.94. The van der Waals surface area contributed by atoms with Gasteiger partial charge in [0.1, 0.15) is 12.4 Å². The molecule has 4 aromatic rings. The number of benzene rings is 3. The van der Waals surface area contributed by atoms with Gasteiger partial charge in [0.2, 0.25) is 0 Å². The lowest BCUT2D eigenvalue weighted by atomic mass is 10.1. The molecule has 0 radical (unpaired) electrons. The second-order valence-electron chi connectivity index (χ2n) is 6.77. The van der Waals surface area contributed by atoms with Gasteiger partial charge >= 0.3 is 6.18 Å². The molecule has 0 atom stereocenters. The molecule has 3 aromatic carbocycles. The predicted octanol–water partition coefficient (Wildman–Crippen LogP) is 6.01. The Kier molecular flexibility index (Phi) is 5.46. The van der Waals surface area contributed by atoms with Crippen LogP contribution in [0.4, 0.5) is 13.2 Å². The van der Waals surface area contributed by atoms with Crippen molar-refractivity contribution in [2.45, 2.75) is 12.8 Å². The van der Waals surface area contributed by atoms with Crippen LogP contribution in [0.3, 0.4) is 0 Å². The van der Waals surface area contributed by atoms with Crippen molar-refractivity contribution >= 4 is 0 Å². The summed E-state index contributed by atoms with van der Waals surface area (Å²) >= 11 is 0. The Bertz CT molecular complexity index is 1220. The standard InChI is InChI=1S/C24H16F3N3O/c25-24(26,27)23-14-21(30(29-23)20-8-4-5-17(13-20)15-28)16-31-22-11-9-19(10-12-22)18-6-2-1-3-7-18/h1-14H,16H2. The first-order valence-electron chi connectivity index (χ1n) is 9.39. The summed E-state index contributed by atoms with van der Waals surface area (Å²) in [6, 6.07) is 26.3. The van der Waals surface area contributed by atoms with Crippen LogP contribution in [0, 0.1) is 11.3 Å². The Balaban J connectivity index is 1.59. The number of aromatic nitrogens is 2. The van der Waals surface area contributed by atoms with E-state index in [0.717, 1.165) is 21.9 Å². The Morgan fingerprint density at radius 1 is 0.871 bits per heavy atom. The molecular weight excluding hydrogens is 403 g/mol. The minimum atomic E-state index is -4.59. The summed E-state index contributed by atoms with van der Waals surface area (Å²) in [6.07, 6.45) is -4.59. The van der Waals surface area contributed by atoms with Crippen LogP contribution >= 0.6 is 0 Å². The highest BCUT2D eigenvalue weighted by Gasteiger charge is 2.35. The molecule has 31 heavy (non-hydrogen) atoms. The third-order valence-electron chi connectivity index (χ3n) is 4.64. The highest BCUT2D eigenvalue weighted by Crippen LogP contribution is 2.30. The van der Waals surface area contributed by atoms with Gasteiger partial charge in [-0.1, -0.05) is 48.5 Å². The van der Waals surface area contributed by atoms with Crippen LogP contribution in [-0.4, -0.2) is 9.78 Å². The predicted molar refractivity (Wildman–Crippen MR) is 109 cm³/mol. The maximum Gasteiger partial charge on any atom is 0.435 e. The molecule has 0 saturated carbocycles. The van der Waals surface area contributed by atoms with Gasteiger partial charge in [0.15, 0.2) is 5.69 Å². The maximum absolute atomic E-state index is 13.2. The van der Waals surface area contributed by atoms with Gasteiger partial charge in [0.05, 0.1) is 23.0 Å². The number of hydrogen-bond donors (Lipinski definition) is 0. The largest absolute Gasteiger partial charge is 0.487 e. The van der Waals surface area contributed by atoms with Gasteiger partial charge in [0, 0.05) is 0 Å². The average molecular weight is 419 g/mol. The summed E-state index contributed by atoms with van der Waals surface area (Å²) in [5.74, 6) is 0.520. The number of nitrogens with zero attached hydrogens (tertiary/aromatic N) is 3. The molecule has 0 aliphatic carbocycles. The van der Waals surface area contributed by atoms with Crippen LogP contribution in [0.15, 0.2) is 84.9 Å². The van der Waals surface area contributed by atoms with Gasteiger partial charge in [-0.3, -0.25) is 0 Å². The third-order valence-corrected chi connectivity index (χ3v) is 4.64. The van der Waals surface area contributed by atoms with E-state index in [0.29, 0.717) is 17.0 Å². The monoisotopic (exact) mass is 419 g/mol. The number of hydrogen-bond acceptors (Lipinski definition) is 3. The number of ether oxygens (including phenoxy) is 1. The topological polar surface area (TPSA) is 50.8 Å². The Labute approximate surface area is 176 Å². The van der Waals surface area contributed by atoms with E-state index in [9.17, 15) is 13.2 Å². The van der Waals surface area contributed by atoms with Gasteiger partial charge < -0.3 is 4.74 Å². The van der Waals surface area contributed by atoms with Crippen LogP contribution < -0.4 is 4.74 Å². The SMILES string of the molecule is N#Cc1cccc(-n2nc(C(F)(F)F)cc2COc2ccc(-c3ccccc3)cc2)c1. The lowest BCUT2D eigenvalue weighted by Crippen LogP contribution is -2.08. The van der Waals surface area contributed by atoms with E-state index >= 15 is 0 Å². The molecule has 154 valence electrons. The lowest BCUT2D eigenvalue weighted by Gasteiger charge is -2.10. The molecule has 0 fully saturated rings. The fraction of sp³-hybridized carbons (Fsp3) is 0.0833. The first-order chi connectivity index (χ1) is 14.9. The second kappa shape index (κ2) is 8.36. The van der Waals surface area contributed by atoms with Gasteiger partial charge in [-0.25, -0.2) is 4.68 Å². The van der Waals surface area contributed by atoms with Gasteiger partial charge in [0.25, 0.3) is 0 Å². The van der Waals surface area contributed by atoms with Crippen molar-refractivity contribution in [2.24, 2.45) is 0 Å². The molecule has 4 rings (SSSR count). The Hall–Kier alpha value is -4.05. The van der Waals surface area contributed by atoms with E-state index < -0.39 is 11.9 Å². The second-order valence-corrected chi connectivity index (χ2v) is 6.77. The summed E-state index contributed by atoms with van der Waals surface area (Å²) in [6.45, 7) is -0.120. The molecule has 0 amide bonds. The first-order valence-corrected chi connectivity index (χ1v) is 9.39. The van der Waals surface area contributed by atoms with Crippen molar-refractivity contribution in [3.05, 3.63) is 102 Å². The highest BCUT2D eigenvalue weighted by molar-refractivity contribution is 5.63. The summed E-state index contributed by atoms with van der Waals surface area (Å²) in [4.78, 5) is 0. The van der Waals surface area contributed by atoms with Crippen molar-refractivity contribution < 1.29 is 17.9 Å². The number of nitriles is 1. The van der Waals surface area contributed by atoms with Crippen molar-refractivity contribution in [2.75, 3.05) is 0 Å². The summed E-state index contributed by atoms with van der Waals surface area (Å²) < 4.78 is 46.6. The minimum Gasteiger partial charge on any atom is -0.487 e. The zero-order valence-electron chi connectivity index (χ0n) is 16.2. The zero-order valence-corrected chi connectivity index (χ0v) is 16.2. The van der Waals surface area contributed by atoms with Gasteiger partial charge in [-0.05, 0) is 47.5 Å². The summed E-state index contributed by atoms with van der Waals surface area (Å²) in [7, 11) is 0. The fourth-order valence-corrected chi connectivity index (χ4v) is 3.12. The fourth-order valence-electron chi connectivity index (χ4n) is 3.12. The molecule has 0 bridgehead atoms. The quantitative estimate of drug-likeness (QED) is 0.398. The van der Waals surface area contributed by atoms with Gasteiger partial charge in [-0.15, -0.1) is 0 Å². The van der Waals surface area contributed by atoms with Crippen molar-refractivity contribution in [3.63, 3.8) is 0 Å². The Morgan fingerprint density at radius 3 is 2.26 bits per heavy atom. The smallest absolute Gasteiger partial charge is 0.435 e. The van der Waals surface area contributed by atoms with E-state index in [1.807, 2.05) is 48.5 Å². The van der Waals surface area contributed by atoms with Gasteiger partial charge in [-0.2, -0.15) is 23.5 Å². The number of rotatable bonds is 5. The number of alkyl halides is 3. The van der Waals surface area contributed by atoms with Crippen molar-refractivity contribution in [1.29, 1.82) is 5.26 Å². The summed E-state index contributed by atoms with van der Waals surface area (Å²) in [5, 5.41) is 12.8. The molecule has 1 aromatic heterocycles. The van der Waals surface area contributed by atoms with Crippen molar-refractivity contribution in [3.8, 4) is 28.6 Å². The normalized spacial score (nSPS) is 11.2. The average Bonchev–Trinajstić information content (AvgIpc) is 3.24. The Morgan fingerprint density at radius 2 is 1.58 bits per heavy atom. The molecule has 0 spiro atoms.